The van der Waals surface area contributed by atoms with E-state index in [-0.39, 0.29) is 12.7 Å². The van der Waals surface area contributed by atoms with Crippen LogP contribution in [0.2, 0.25) is 0 Å². The normalized spacial score (nSPS) is 14.1. The molecule has 0 unspecified atom stereocenters. The third kappa shape index (κ3) is 3.60. The van der Waals surface area contributed by atoms with Crippen LogP contribution in [-0.2, 0) is 11.3 Å². The van der Waals surface area contributed by atoms with Crippen molar-refractivity contribution in [1.82, 2.24) is 14.9 Å². The number of nitriles is 1. The number of carbonyl (C=O) groups is 1. The molecule has 1 aliphatic heterocycles. The second-order valence-electron chi connectivity index (χ2n) is 5.35. The van der Waals surface area contributed by atoms with Crippen molar-refractivity contribution in [2.45, 2.75) is 6.61 Å². The van der Waals surface area contributed by atoms with E-state index in [2.05, 4.69) is 9.97 Å². The number of nitrogens with zero attached hydrogens (tertiary/aromatic N) is 5. The van der Waals surface area contributed by atoms with E-state index in [0.29, 0.717) is 37.7 Å². The van der Waals surface area contributed by atoms with Crippen molar-refractivity contribution < 1.29 is 9.53 Å². The van der Waals surface area contributed by atoms with E-state index in [4.69, 9.17) is 10.00 Å². The zero-order valence-corrected chi connectivity index (χ0v) is 13.1. The van der Waals surface area contributed by atoms with Gasteiger partial charge in [-0.2, -0.15) is 5.26 Å². The van der Waals surface area contributed by atoms with Crippen molar-refractivity contribution in [3.63, 3.8) is 0 Å². The van der Waals surface area contributed by atoms with Crippen LogP contribution in [0.3, 0.4) is 0 Å². The molecular weight excluding hydrogens is 306 g/mol. The Morgan fingerprint density at radius 3 is 2.54 bits per heavy atom. The molecule has 1 aromatic heterocycles. The van der Waals surface area contributed by atoms with E-state index in [1.54, 1.807) is 11.1 Å². The number of rotatable bonds is 3. The zero-order chi connectivity index (χ0) is 16.8. The molecule has 0 bridgehead atoms. The third-order valence-corrected chi connectivity index (χ3v) is 3.83. The maximum absolute atomic E-state index is 12.1. The summed E-state index contributed by atoms with van der Waals surface area (Å²) in [6.07, 6.45) is 2.74. The highest BCUT2D eigenvalue weighted by molar-refractivity contribution is 5.68. The molecule has 0 spiro atoms. The van der Waals surface area contributed by atoms with E-state index in [1.807, 2.05) is 41.3 Å². The average molecular weight is 323 g/mol. The van der Waals surface area contributed by atoms with Crippen LogP contribution in [0, 0.1) is 11.3 Å². The van der Waals surface area contributed by atoms with Gasteiger partial charge >= 0.3 is 6.09 Å². The fraction of sp³-hybridized carbons (Fsp3) is 0.294. The number of hydrogen-bond donors (Lipinski definition) is 0. The molecule has 1 aliphatic rings. The first kappa shape index (κ1) is 15.7. The van der Waals surface area contributed by atoms with Crippen molar-refractivity contribution in [2.24, 2.45) is 0 Å². The molecule has 1 saturated heterocycles. The Labute approximate surface area is 140 Å². The SMILES string of the molecule is N#Cc1nccnc1N1CCN(C(=O)OCc2ccccc2)CC1. The lowest BCUT2D eigenvalue weighted by Crippen LogP contribution is -2.49. The molecule has 0 atom stereocenters. The van der Waals surface area contributed by atoms with Gasteiger partial charge in [0.1, 0.15) is 12.7 Å². The van der Waals surface area contributed by atoms with Crippen LogP contribution < -0.4 is 4.90 Å². The highest BCUT2D eigenvalue weighted by atomic mass is 16.6. The summed E-state index contributed by atoms with van der Waals surface area (Å²) >= 11 is 0. The van der Waals surface area contributed by atoms with Gasteiger partial charge in [-0.1, -0.05) is 30.3 Å². The molecular formula is C17H17N5O2. The van der Waals surface area contributed by atoms with Crippen LogP contribution in [-0.4, -0.2) is 47.1 Å². The molecule has 0 radical (unpaired) electrons. The predicted molar refractivity (Wildman–Crippen MR) is 87.2 cm³/mol. The largest absolute Gasteiger partial charge is 0.445 e. The van der Waals surface area contributed by atoms with E-state index in [1.165, 1.54) is 6.20 Å². The summed E-state index contributed by atoms with van der Waals surface area (Å²) < 4.78 is 5.34. The van der Waals surface area contributed by atoms with Crippen LogP contribution >= 0.6 is 0 Å². The van der Waals surface area contributed by atoms with Crippen LogP contribution in [0.5, 0.6) is 0 Å². The van der Waals surface area contributed by atoms with Crippen molar-refractivity contribution in [2.75, 3.05) is 31.1 Å². The zero-order valence-electron chi connectivity index (χ0n) is 13.1. The fourth-order valence-electron chi connectivity index (χ4n) is 2.55. The Hall–Kier alpha value is -3.14. The average Bonchev–Trinajstić information content (AvgIpc) is 2.67. The van der Waals surface area contributed by atoms with Gasteiger partial charge in [0, 0.05) is 38.6 Å². The summed E-state index contributed by atoms with van der Waals surface area (Å²) in [5, 5.41) is 9.10. The Bertz CT molecular complexity index is 736. The molecule has 1 aromatic carbocycles. The highest BCUT2D eigenvalue weighted by Gasteiger charge is 2.24. The van der Waals surface area contributed by atoms with Gasteiger partial charge in [-0.25, -0.2) is 14.8 Å². The summed E-state index contributed by atoms with van der Waals surface area (Å²) in [6.45, 7) is 2.49. The molecule has 24 heavy (non-hydrogen) atoms. The standard InChI is InChI=1S/C17H17N5O2/c18-12-15-16(20-7-6-19-15)21-8-10-22(11-9-21)17(23)24-13-14-4-2-1-3-5-14/h1-7H,8-11,13H2. The summed E-state index contributed by atoms with van der Waals surface area (Å²) in [5.74, 6) is 0.567. The van der Waals surface area contributed by atoms with E-state index in [9.17, 15) is 4.79 Å². The number of ether oxygens (including phenoxy) is 1. The molecule has 7 heteroatoms. The number of amides is 1. The van der Waals surface area contributed by atoms with Crippen LogP contribution in [0.1, 0.15) is 11.3 Å². The summed E-state index contributed by atoms with van der Waals surface area (Å²) in [5.41, 5.74) is 1.26. The minimum absolute atomic E-state index is 0.266. The molecule has 0 saturated carbocycles. The van der Waals surface area contributed by atoms with Crippen molar-refractivity contribution in [3.05, 3.63) is 54.0 Å². The maximum Gasteiger partial charge on any atom is 0.410 e. The highest BCUT2D eigenvalue weighted by Crippen LogP contribution is 2.16. The molecule has 0 aliphatic carbocycles. The van der Waals surface area contributed by atoms with Crippen LogP contribution in [0.25, 0.3) is 0 Å². The fourth-order valence-corrected chi connectivity index (χ4v) is 2.55. The lowest BCUT2D eigenvalue weighted by Gasteiger charge is -2.34. The molecule has 122 valence electrons. The van der Waals surface area contributed by atoms with Gasteiger partial charge in [0.15, 0.2) is 11.5 Å². The topological polar surface area (TPSA) is 82.4 Å². The first-order valence-electron chi connectivity index (χ1n) is 7.69. The van der Waals surface area contributed by atoms with Crippen molar-refractivity contribution in [3.8, 4) is 6.07 Å². The summed E-state index contributed by atoms with van der Waals surface area (Å²) in [6, 6.07) is 11.6. The molecule has 2 aromatic rings. The monoisotopic (exact) mass is 323 g/mol. The minimum Gasteiger partial charge on any atom is -0.445 e. The van der Waals surface area contributed by atoms with Crippen molar-refractivity contribution >= 4 is 11.9 Å². The number of carbonyl (C=O) groups excluding carboxylic acids is 1. The predicted octanol–water partition coefficient (Wildman–Crippen LogP) is 1.81. The number of benzene rings is 1. The van der Waals surface area contributed by atoms with Crippen molar-refractivity contribution in [1.29, 1.82) is 5.26 Å². The molecule has 1 fully saturated rings. The molecule has 1 amide bonds. The molecule has 2 heterocycles. The summed E-state index contributed by atoms with van der Waals surface area (Å²) in [4.78, 5) is 24.0. The van der Waals surface area contributed by atoms with Gasteiger partial charge in [-0.05, 0) is 5.56 Å². The van der Waals surface area contributed by atoms with E-state index >= 15 is 0 Å². The smallest absolute Gasteiger partial charge is 0.410 e. The second kappa shape index (κ2) is 7.42. The lowest BCUT2D eigenvalue weighted by atomic mass is 10.2. The first-order chi connectivity index (χ1) is 11.8. The quantitative estimate of drug-likeness (QED) is 0.857. The van der Waals surface area contributed by atoms with Gasteiger partial charge in [-0.15, -0.1) is 0 Å². The second-order valence-corrected chi connectivity index (χ2v) is 5.35. The molecule has 7 nitrogen and oxygen atoms in total. The van der Waals surface area contributed by atoms with Gasteiger partial charge < -0.3 is 14.5 Å². The Morgan fingerprint density at radius 2 is 1.83 bits per heavy atom. The van der Waals surface area contributed by atoms with Gasteiger partial charge in [0.25, 0.3) is 0 Å². The van der Waals surface area contributed by atoms with E-state index < -0.39 is 0 Å². The number of piperazine rings is 1. The Kier molecular flexibility index (Phi) is 4.87. The summed E-state index contributed by atoms with van der Waals surface area (Å²) in [7, 11) is 0. The lowest BCUT2D eigenvalue weighted by molar-refractivity contribution is 0.0941. The first-order valence-corrected chi connectivity index (χ1v) is 7.69. The van der Waals surface area contributed by atoms with Gasteiger partial charge in [0.2, 0.25) is 0 Å². The minimum atomic E-state index is -0.321. The Balaban J connectivity index is 1.53. The molecule has 3 rings (SSSR count). The number of hydrogen-bond acceptors (Lipinski definition) is 6. The number of anilines is 1. The Morgan fingerprint density at radius 1 is 1.12 bits per heavy atom. The van der Waals surface area contributed by atoms with Crippen LogP contribution in [0.4, 0.5) is 10.6 Å². The van der Waals surface area contributed by atoms with Gasteiger partial charge in [-0.3, -0.25) is 0 Å². The number of aromatic nitrogens is 2. The molecule has 0 N–H and O–H groups in total. The maximum atomic E-state index is 12.1. The van der Waals surface area contributed by atoms with Gasteiger partial charge in [0.05, 0.1) is 0 Å². The third-order valence-electron chi connectivity index (χ3n) is 3.83. The van der Waals surface area contributed by atoms with Crippen LogP contribution in [0.15, 0.2) is 42.7 Å². The van der Waals surface area contributed by atoms with E-state index in [0.717, 1.165) is 5.56 Å².